The van der Waals surface area contributed by atoms with Crippen LogP contribution in [-0.4, -0.2) is 6.54 Å². The smallest absolute Gasteiger partial charge is 0.0342 e. The lowest BCUT2D eigenvalue weighted by Gasteiger charge is -2.00. The lowest BCUT2D eigenvalue weighted by molar-refractivity contribution is 1.33. The van der Waals surface area contributed by atoms with E-state index in [2.05, 4.69) is 23.5 Å². The number of allylic oxidation sites excluding steroid dienone is 3. The van der Waals surface area contributed by atoms with Crippen LogP contribution in [0.1, 0.15) is 6.92 Å². The van der Waals surface area contributed by atoms with Crippen LogP contribution in [-0.2, 0) is 0 Å². The molecule has 0 spiro atoms. The molecule has 1 nitrogen and oxygen atoms in total. The first-order chi connectivity index (χ1) is 6.43. The Bertz CT molecular complexity index is 272. The van der Waals surface area contributed by atoms with Gasteiger partial charge in [0, 0.05) is 12.2 Å². The number of anilines is 1. The van der Waals surface area contributed by atoms with Crippen molar-refractivity contribution in [2.75, 3.05) is 11.9 Å². The molecule has 0 aliphatic rings. The standard InChI is InChI=1S/C12H15N/c1-2-3-4-8-11-13-12-9-6-5-7-10-12/h2-10,13H,11H2,1H3. The minimum absolute atomic E-state index is 0.869. The Labute approximate surface area is 79.8 Å². The number of nitrogens with one attached hydrogen (secondary N) is 1. The summed E-state index contributed by atoms with van der Waals surface area (Å²) in [5, 5.41) is 3.28. The van der Waals surface area contributed by atoms with Gasteiger partial charge in [0.25, 0.3) is 0 Å². The van der Waals surface area contributed by atoms with Crippen LogP contribution in [0.25, 0.3) is 0 Å². The van der Waals surface area contributed by atoms with Crippen molar-refractivity contribution in [1.29, 1.82) is 0 Å². The van der Waals surface area contributed by atoms with E-state index in [9.17, 15) is 0 Å². The molecule has 0 radical (unpaired) electrons. The highest BCUT2D eigenvalue weighted by Gasteiger charge is 1.83. The van der Waals surface area contributed by atoms with Crippen LogP contribution in [0.2, 0.25) is 0 Å². The average Bonchev–Trinajstić information content (AvgIpc) is 2.19. The van der Waals surface area contributed by atoms with Gasteiger partial charge in [-0.05, 0) is 19.1 Å². The van der Waals surface area contributed by atoms with E-state index >= 15 is 0 Å². The Morgan fingerprint density at radius 3 is 2.62 bits per heavy atom. The monoisotopic (exact) mass is 173 g/mol. The zero-order chi connectivity index (χ0) is 9.36. The van der Waals surface area contributed by atoms with Crippen molar-refractivity contribution in [3.05, 3.63) is 54.6 Å². The lowest BCUT2D eigenvalue weighted by Crippen LogP contribution is -1.96. The normalized spacial score (nSPS) is 11.2. The van der Waals surface area contributed by atoms with E-state index in [0.717, 1.165) is 12.2 Å². The Hall–Kier alpha value is -1.50. The van der Waals surface area contributed by atoms with Crippen LogP contribution in [0.4, 0.5) is 5.69 Å². The molecule has 1 aromatic carbocycles. The first kappa shape index (κ1) is 9.59. The van der Waals surface area contributed by atoms with Crippen LogP contribution >= 0.6 is 0 Å². The first-order valence-electron chi connectivity index (χ1n) is 4.50. The fourth-order valence-corrected chi connectivity index (χ4v) is 0.991. The molecule has 0 saturated carbocycles. The Morgan fingerprint density at radius 2 is 1.92 bits per heavy atom. The highest BCUT2D eigenvalue weighted by molar-refractivity contribution is 5.42. The zero-order valence-electron chi connectivity index (χ0n) is 7.90. The summed E-state index contributed by atoms with van der Waals surface area (Å²) in [6, 6.07) is 10.2. The molecule has 1 N–H and O–H groups in total. The summed E-state index contributed by atoms with van der Waals surface area (Å²) in [4.78, 5) is 0. The molecule has 1 aromatic rings. The second kappa shape index (κ2) is 6.06. The number of rotatable bonds is 4. The quantitative estimate of drug-likeness (QED) is 0.689. The van der Waals surface area contributed by atoms with Crippen LogP contribution in [0.3, 0.4) is 0 Å². The highest BCUT2D eigenvalue weighted by atomic mass is 14.8. The van der Waals surface area contributed by atoms with Crippen LogP contribution in [0.5, 0.6) is 0 Å². The second-order valence-corrected chi connectivity index (χ2v) is 2.70. The molecule has 0 heterocycles. The van der Waals surface area contributed by atoms with Gasteiger partial charge in [-0.2, -0.15) is 0 Å². The van der Waals surface area contributed by atoms with Crippen molar-refractivity contribution >= 4 is 5.69 Å². The third-order valence-electron chi connectivity index (χ3n) is 1.64. The highest BCUT2D eigenvalue weighted by Crippen LogP contribution is 2.03. The third-order valence-corrected chi connectivity index (χ3v) is 1.64. The summed E-state index contributed by atoms with van der Waals surface area (Å²) in [6.45, 7) is 2.88. The summed E-state index contributed by atoms with van der Waals surface area (Å²) < 4.78 is 0. The molecule has 0 bridgehead atoms. The van der Waals surface area contributed by atoms with Gasteiger partial charge >= 0.3 is 0 Å². The van der Waals surface area contributed by atoms with Gasteiger partial charge in [0.15, 0.2) is 0 Å². The molecule has 0 fully saturated rings. The maximum absolute atomic E-state index is 3.28. The van der Waals surface area contributed by atoms with E-state index in [-0.39, 0.29) is 0 Å². The van der Waals surface area contributed by atoms with Gasteiger partial charge in [-0.3, -0.25) is 0 Å². The molecular formula is C12H15N. The fraction of sp³-hybridized carbons (Fsp3) is 0.167. The molecular weight excluding hydrogens is 158 g/mol. The van der Waals surface area contributed by atoms with Crippen LogP contribution in [0.15, 0.2) is 54.6 Å². The molecule has 13 heavy (non-hydrogen) atoms. The molecule has 0 unspecified atom stereocenters. The summed E-state index contributed by atoms with van der Waals surface area (Å²) in [5.74, 6) is 0. The SMILES string of the molecule is CC=CC=CCNc1ccccc1. The van der Waals surface area contributed by atoms with Gasteiger partial charge in [-0.15, -0.1) is 0 Å². The maximum atomic E-state index is 3.28. The third kappa shape index (κ3) is 4.16. The molecule has 0 atom stereocenters. The average molecular weight is 173 g/mol. The van der Waals surface area contributed by atoms with Gasteiger partial charge in [0.1, 0.15) is 0 Å². The Balaban J connectivity index is 2.28. The van der Waals surface area contributed by atoms with Gasteiger partial charge in [-0.25, -0.2) is 0 Å². The number of para-hydroxylation sites is 1. The van der Waals surface area contributed by atoms with Crippen molar-refractivity contribution in [3.8, 4) is 0 Å². The minimum atomic E-state index is 0.869. The van der Waals surface area contributed by atoms with Gasteiger partial charge in [-0.1, -0.05) is 42.5 Å². The Morgan fingerprint density at radius 1 is 1.15 bits per heavy atom. The van der Waals surface area contributed by atoms with E-state index < -0.39 is 0 Å². The molecule has 1 rings (SSSR count). The van der Waals surface area contributed by atoms with E-state index in [1.54, 1.807) is 0 Å². The summed E-state index contributed by atoms with van der Waals surface area (Å²) in [6.07, 6.45) is 8.16. The van der Waals surface area contributed by atoms with Gasteiger partial charge < -0.3 is 5.32 Å². The lowest BCUT2D eigenvalue weighted by atomic mass is 10.3. The molecule has 0 amide bonds. The van der Waals surface area contributed by atoms with E-state index in [1.807, 2.05) is 43.4 Å². The van der Waals surface area contributed by atoms with E-state index in [1.165, 1.54) is 0 Å². The zero-order valence-corrected chi connectivity index (χ0v) is 7.90. The topological polar surface area (TPSA) is 12.0 Å². The Kier molecular flexibility index (Phi) is 4.47. The molecule has 0 saturated heterocycles. The molecule has 68 valence electrons. The molecule has 1 heteroatoms. The van der Waals surface area contributed by atoms with E-state index in [4.69, 9.17) is 0 Å². The number of hydrogen-bond acceptors (Lipinski definition) is 1. The van der Waals surface area contributed by atoms with Crippen LogP contribution < -0.4 is 5.32 Å². The van der Waals surface area contributed by atoms with Gasteiger partial charge in [0.2, 0.25) is 0 Å². The predicted molar refractivity (Wildman–Crippen MR) is 58.9 cm³/mol. The predicted octanol–water partition coefficient (Wildman–Crippen LogP) is 3.23. The van der Waals surface area contributed by atoms with Crippen molar-refractivity contribution in [2.24, 2.45) is 0 Å². The number of hydrogen-bond donors (Lipinski definition) is 1. The van der Waals surface area contributed by atoms with Gasteiger partial charge in [0.05, 0.1) is 0 Å². The number of benzene rings is 1. The van der Waals surface area contributed by atoms with Crippen molar-refractivity contribution in [3.63, 3.8) is 0 Å². The van der Waals surface area contributed by atoms with Crippen molar-refractivity contribution < 1.29 is 0 Å². The summed E-state index contributed by atoms with van der Waals surface area (Å²) in [5.41, 5.74) is 1.16. The van der Waals surface area contributed by atoms with Crippen molar-refractivity contribution in [1.82, 2.24) is 0 Å². The molecule has 0 aliphatic carbocycles. The molecule has 0 aromatic heterocycles. The van der Waals surface area contributed by atoms with E-state index in [0.29, 0.717) is 0 Å². The first-order valence-corrected chi connectivity index (χ1v) is 4.50. The fourth-order valence-electron chi connectivity index (χ4n) is 0.991. The summed E-state index contributed by atoms with van der Waals surface area (Å²) >= 11 is 0. The van der Waals surface area contributed by atoms with Crippen LogP contribution in [0, 0.1) is 0 Å². The summed E-state index contributed by atoms with van der Waals surface area (Å²) in [7, 11) is 0. The molecule has 0 aliphatic heterocycles. The van der Waals surface area contributed by atoms with Crippen molar-refractivity contribution in [2.45, 2.75) is 6.92 Å². The second-order valence-electron chi connectivity index (χ2n) is 2.70. The largest absolute Gasteiger partial charge is 0.382 e. The minimum Gasteiger partial charge on any atom is -0.382 e. The maximum Gasteiger partial charge on any atom is 0.0342 e.